The molecule has 124 valence electrons. The Labute approximate surface area is 136 Å². The number of hydrogen-bond donors (Lipinski definition) is 2. The first-order valence-corrected chi connectivity index (χ1v) is 9.00. The van der Waals surface area contributed by atoms with E-state index < -0.39 is 0 Å². The van der Waals surface area contributed by atoms with Gasteiger partial charge in [0.05, 0.1) is 19.7 Å². The van der Waals surface area contributed by atoms with Crippen molar-refractivity contribution in [3.63, 3.8) is 0 Å². The van der Waals surface area contributed by atoms with Gasteiger partial charge in [-0.2, -0.15) is 0 Å². The minimum atomic E-state index is 0.520. The summed E-state index contributed by atoms with van der Waals surface area (Å²) >= 11 is 0. The highest BCUT2D eigenvalue weighted by Gasteiger charge is 2.20. The molecule has 1 aromatic rings. The summed E-state index contributed by atoms with van der Waals surface area (Å²) in [5.74, 6) is 1.61. The largest absolute Gasteiger partial charge is 0.493 e. The van der Waals surface area contributed by atoms with Crippen molar-refractivity contribution in [1.29, 1.82) is 0 Å². The van der Waals surface area contributed by atoms with Crippen molar-refractivity contribution in [3.05, 3.63) is 29.3 Å². The molecule has 2 N–H and O–H groups in total. The van der Waals surface area contributed by atoms with E-state index in [0.717, 1.165) is 18.8 Å². The van der Waals surface area contributed by atoms with Crippen molar-refractivity contribution in [2.75, 3.05) is 45.9 Å². The Balaban J connectivity index is 1.74. The molecule has 2 rings (SSSR count). The summed E-state index contributed by atoms with van der Waals surface area (Å²) in [5, 5.41) is 0. The van der Waals surface area contributed by atoms with Crippen molar-refractivity contribution in [1.82, 2.24) is 0 Å². The van der Waals surface area contributed by atoms with E-state index in [0.29, 0.717) is 5.92 Å². The van der Waals surface area contributed by atoms with E-state index in [1.807, 2.05) is 0 Å². The third kappa shape index (κ3) is 4.99. The molecule has 0 aliphatic carbocycles. The summed E-state index contributed by atoms with van der Waals surface area (Å²) in [7, 11) is 0. The zero-order valence-corrected chi connectivity index (χ0v) is 14.9. The van der Waals surface area contributed by atoms with E-state index in [1.165, 1.54) is 50.4 Å². The van der Waals surface area contributed by atoms with Crippen LogP contribution < -0.4 is 14.5 Å². The standard InChI is InChI=1S/C19H32N2O/c1-5-20-10-12-21(13-11-20)9-6-14-22-19-15-17(4)7-8-18(19)16(2)3/h7-8,15-16H,5-6,9-14H2,1-4H3/p+2. The molecule has 0 bridgehead atoms. The maximum absolute atomic E-state index is 6.09. The number of likely N-dealkylation sites (N-methyl/N-ethyl adjacent to an activating group) is 1. The third-order valence-corrected chi connectivity index (χ3v) is 4.89. The number of benzene rings is 1. The van der Waals surface area contributed by atoms with Gasteiger partial charge in [0.1, 0.15) is 31.9 Å². The van der Waals surface area contributed by atoms with Crippen molar-refractivity contribution < 1.29 is 14.5 Å². The van der Waals surface area contributed by atoms with Crippen molar-refractivity contribution >= 4 is 0 Å². The van der Waals surface area contributed by atoms with Gasteiger partial charge in [-0.3, -0.25) is 0 Å². The molecule has 22 heavy (non-hydrogen) atoms. The summed E-state index contributed by atoms with van der Waals surface area (Å²) in [5.41, 5.74) is 2.61. The van der Waals surface area contributed by atoms with Crippen LogP contribution in [0.5, 0.6) is 5.75 Å². The van der Waals surface area contributed by atoms with Gasteiger partial charge in [-0.15, -0.1) is 0 Å². The normalized spacial score (nSPS) is 22.0. The fourth-order valence-corrected chi connectivity index (χ4v) is 3.31. The van der Waals surface area contributed by atoms with Crippen LogP contribution in [-0.4, -0.2) is 45.9 Å². The topological polar surface area (TPSA) is 18.1 Å². The van der Waals surface area contributed by atoms with E-state index in [1.54, 1.807) is 9.80 Å². The van der Waals surface area contributed by atoms with Gasteiger partial charge in [0.2, 0.25) is 0 Å². The molecule has 1 aliphatic heterocycles. The van der Waals surface area contributed by atoms with E-state index in [9.17, 15) is 0 Å². The molecule has 3 heteroatoms. The lowest BCUT2D eigenvalue weighted by molar-refractivity contribution is -1.01. The van der Waals surface area contributed by atoms with Crippen molar-refractivity contribution in [2.45, 2.75) is 40.0 Å². The van der Waals surface area contributed by atoms with Gasteiger partial charge in [0, 0.05) is 6.42 Å². The van der Waals surface area contributed by atoms with Crippen LogP contribution >= 0.6 is 0 Å². The monoisotopic (exact) mass is 306 g/mol. The molecule has 0 saturated carbocycles. The second-order valence-electron chi connectivity index (χ2n) is 7.00. The van der Waals surface area contributed by atoms with Crippen LogP contribution in [0.4, 0.5) is 0 Å². The lowest BCUT2D eigenvalue weighted by atomic mass is 10.0. The molecule has 0 atom stereocenters. The SMILES string of the molecule is CC[NH+]1CC[NH+](CCCOc2cc(C)ccc2C(C)C)CC1. The second-order valence-corrected chi connectivity index (χ2v) is 7.00. The Hall–Kier alpha value is -1.06. The number of piperazine rings is 1. The van der Waals surface area contributed by atoms with Gasteiger partial charge in [0.15, 0.2) is 0 Å². The van der Waals surface area contributed by atoms with Gasteiger partial charge in [-0.05, 0) is 37.0 Å². The molecule has 0 amide bonds. The third-order valence-electron chi connectivity index (χ3n) is 4.89. The van der Waals surface area contributed by atoms with Crippen LogP contribution in [0.25, 0.3) is 0 Å². The molecule has 1 aliphatic rings. The first-order chi connectivity index (χ1) is 10.6. The van der Waals surface area contributed by atoms with Gasteiger partial charge in [0.25, 0.3) is 0 Å². The fraction of sp³-hybridized carbons (Fsp3) is 0.684. The summed E-state index contributed by atoms with van der Waals surface area (Å²) < 4.78 is 6.09. The zero-order valence-electron chi connectivity index (χ0n) is 14.9. The van der Waals surface area contributed by atoms with Crippen LogP contribution in [0, 0.1) is 6.92 Å². The number of ether oxygens (including phenoxy) is 1. The molecule has 0 unspecified atom stereocenters. The van der Waals surface area contributed by atoms with Crippen molar-refractivity contribution in [3.8, 4) is 5.75 Å². The van der Waals surface area contributed by atoms with Gasteiger partial charge in [-0.1, -0.05) is 26.0 Å². The number of nitrogens with one attached hydrogen (secondary N) is 2. The Kier molecular flexibility index (Phi) is 6.71. The van der Waals surface area contributed by atoms with Crippen LogP contribution in [0.15, 0.2) is 18.2 Å². The minimum Gasteiger partial charge on any atom is -0.493 e. The average Bonchev–Trinajstić information content (AvgIpc) is 2.52. The molecular formula is C19H34N2O+2. The number of aryl methyl sites for hydroxylation is 1. The lowest BCUT2D eigenvalue weighted by Crippen LogP contribution is -3.28. The summed E-state index contributed by atoms with van der Waals surface area (Å²) in [6.07, 6.45) is 1.16. The molecule has 1 aromatic carbocycles. The predicted molar refractivity (Wildman–Crippen MR) is 92.2 cm³/mol. The first kappa shape index (κ1) is 17.3. The van der Waals surface area contributed by atoms with E-state index >= 15 is 0 Å². The first-order valence-electron chi connectivity index (χ1n) is 9.00. The second kappa shape index (κ2) is 8.54. The summed E-state index contributed by atoms with van der Waals surface area (Å²) in [6.45, 7) is 17.6. The summed E-state index contributed by atoms with van der Waals surface area (Å²) in [6, 6.07) is 6.58. The Morgan fingerprint density at radius 3 is 2.41 bits per heavy atom. The quantitative estimate of drug-likeness (QED) is 0.710. The maximum Gasteiger partial charge on any atom is 0.127 e. The van der Waals surface area contributed by atoms with Crippen LogP contribution in [0.2, 0.25) is 0 Å². The zero-order chi connectivity index (χ0) is 15.9. The highest BCUT2D eigenvalue weighted by Crippen LogP contribution is 2.27. The van der Waals surface area contributed by atoms with E-state index in [4.69, 9.17) is 4.74 Å². The van der Waals surface area contributed by atoms with Crippen LogP contribution in [-0.2, 0) is 0 Å². The van der Waals surface area contributed by atoms with Gasteiger partial charge in [-0.25, -0.2) is 0 Å². The fourth-order valence-electron chi connectivity index (χ4n) is 3.31. The highest BCUT2D eigenvalue weighted by atomic mass is 16.5. The maximum atomic E-state index is 6.09. The molecule has 0 spiro atoms. The van der Waals surface area contributed by atoms with Gasteiger partial charge < -0.3 is 14.5 Å². The number of rotatable bonds is 7. The van der Waals surface area contributed by atoms with E-state index in [2.05, 4.69) is 45.9 Å². The molecule has 3 nitrogen and oxygen atoms in total. The van der Waals surface area contributed by atoms with Crippen molar-refractivity contribution in [2.24, 2.45) is 0 Å². The van der Waals surface area contributed by atoms with E-state index in [-0.39, 0.29) is 0 Å². The van der Waals surface area contributed by atoms with Crippen LogP contribution in [0.1, 0.15) is 44.2 Å². The number of quaternary nitrogens is 2. The van der Waals surface area contributed by atoms with Gasteiger partial charge >= 0.3 is 0 Å². The summed E-state index contributed by atoms with van der Waals surface area (Å²) in [4.78, 5) is 3.52. The highest BCUT2D eigenvalue weighted by molar-refractivity contribution is 5.39. The lowest BCUT2D eigenvalue weighted by Gasteiger charge is -2.29. The average molecular weight is 306 g/mol. The Morgan fingerprint density at radius 2 is 1.77 bits per heavy atom. The molecule has 1 saturated heterocycles. The minimum absolute atomic E-state index is 0.520. The Morgan fingerprint density at radius 1 is 1.09 bits per heavy atom. The number of hydrogen-bond acceptors (Lipinski definition) is 1. The van der Waals surface area contributed by atoms with Crippen LogP contribution in [0.3, 0.4) is 0 Å². The molecule has 0 radical (unpaired) electrons. The smallest absolute Gasteiger partial charge is 0.127 e. The molecular weight excluding hydrogens is 272 g/mol. The molecule has 1 fully saturated rings. The molecule has 1 heterocycles. The Bertz CT molecular complexity index is 451. The molecule has 0 aromatic heterocycles. The predicted octanol–water partition coefficient (Wildman–Crippen LogP) is 0.691.